The predicted molar refractivity (Wildman–Crippen MR) is 105 cm³/mol. The number of hydrogen-bond donors (Lipinski definition) is 1. The summed E-state index contributed by atoms with van der Waals surface area (Å²) in [7, 11) is 0. The zero-order valence-electron chi connectivity index (χ0n) is 14.3. The first kappa shape index (κ1) is 16.5. The van der Waals surface area contributed by atoms with E-state index in [1.807, 2.05) is 6.92 Å². The van der Waals surface area contributed by atoms with Crippen LogP contribution in [-0.2, 0) is 4.79 Å². The summed E-state index contributed by atoms with van der Waals surface area (Å²) in [5, 5.41) is 4.72. The topological polar surface area (TPSA) is 58.1 Å². The third kappa shape index (κ3) is 3.52. The van der Waals surface area contributed by atoms with Gasteiger partial charge in [-0.15, -0.1) is 11.3 Å². The molecular weight excluding hydrogens is 352 g/mol. The lowest BCUT2D eigenvalue weighted by Crippen LogP contribution is -2.38. The first-order chi connectivity index (χ1) is 12.1. The number of nitrogens with one attached hydrogen (secondary N) is 1. The Bertz CT molecular complexity index is 909. The highest BCUT2D eigenvalue weighted by atomic mass is 32.1. The third-order valence-corrected chi connectivity index (χ3v) is 6.43. The van der Waals surface area contributed by atoms with Crippen molar-refractivity contribution in [2.75, 3.05) is 23.3 Å². The molecule has 1 saturated heterocycles. The minimum absolute atomic E-state index is 0.0529. The van der Waals surface area contributed by atoms with Crippen LogP contribution in [0.3, 0.4) is 0 Å². The van der Waals surface area contributed by atoms with Crippen molar-refractivity contribution in [1.29, 1.82) is 0 Å². The van der Waals surface area contributed by atoms with Crippen molar-refractivity contribution in [2.24, 2.45) is 5.92 Å². The zero-order chi connectivity index (χ0) is 17.4. The van der Waals surface area contributed by atoms with E-state index in [0.717, 1.165) is 41.5 Å². The molecular formula is C18H20N4OS2. The van der Waals surface area contributed by atoms with E-state index in [1.165, 1.54) is 21.6 Å². The average molecular weight is 373 g/mol. The summed E-state index contributed by atoms with van der Waals surface area (Å²) in [6.45, 7) is 5.83. The van der Waals surface area contributed by atoms with Gasteiger partial charge < -0.3 is 10.2 Å². The second-order valence-electron chi connectivity index (χ2n) is 6.49. The normalized spacial score (nSPS) is 15.7. The van der Waals surface area contributed by atoms with E-state index >= 15 is 0 Å². The molecule has 1 aliphatic rings. The fourth-order valence-corrected chi connectivity index (χ4v) is 4.89. The van der Waals surface area contributed by atoms with E-state index < -0.39 is 0 Å². The van der Waals surface area contributed by atoms with Crippen LogP contribution >= 0.6 is 22.7 Å². The molecule has 1 amide bonds. The average Bonchev–Trinajstić information content (AvgIpc) is 3.20. The smallest absolute Gasteiger partial charge is 0.229 e. The van der Waals surface area contributed by atoms with Gasteiger partial charge in [0, 0.05) is 30.1 Å². The Hall–Kier alpha value is -1.99. The second kappa shape index (κ2) is 6.72. The fourth-order valence-electron chi connectivity index (χ4n) is 3.11. The molecule has 0 unspecified atom stereocenters. The van der Waals surface area contributed by atoms with Crippen LogP contribution in [0.5, 0.6) is 0 Å². The lowest BCUT2D eigenvalue weighted by Gasteiger charge is -2.30. The Labute approximate surface area is 154 Å². The maximum atomic E-state index is 12.4. The number of thiazole rings is 2. The molecule has 0 saturated carbocycles. The Kier molecular flexibility index (Phi) is 4.43. The number of piperidine rings is 1. The largest absolute Gasteiger partial charge is 0.348 e. The van der Waals surface area contributed by atoms with Gasteiger partial charge in [0.15, 0.2) is 10.3 Å². The van der Waals surface area contributed by atoms with Gasteiger partial charge in [-0.05, 0) is 44.4 Å². The number of rotatable bonds is 3. The molecule has 0 spiro atoms. The predicted octanol–water partition coefficient (Wildman–Crippen LogP) is 4.22. The van der Waals surface area contributed by atoms with Crippen LogP contribution < -0.4 is 10.2 Å². The van der Waals surface area contributed by atoms with Crippen LogP contribution in [0, 0.1) is 19.8 Å². The van der Waals surface area contributed by atoms with Crippen molar-refractivity contribution in [3.05, 3.63) is 34.8 Å². The Morgan fingerprint density at radius 2 is 2.04 bits per heavy atom. The van der Waals surface area contributed by atoms with Crippen LogP contribution in [0.2, 0.25) is 0 Å². The molecule has 5 nitrogen and oxygen atoms in total. The Balaban J connectivity index is 1.39. The summed E-state index contributed by atoms with van der Waals surface area (Å²) in [6, 6.07) is 6.37. The second-order valence-corrected chi connectivity index (χ2v) is 8.74. The molecule has 1 aromatic carbocycles. The fraction of sp³-hybridized carbons (Fsp3) is 0.389. The van der Waals surface area contributed by atoms with Gasteiger partial charge in [0.2, 0.25) is 5.91 Å². The molecule has 3 aromatic rings. The van der Waals surface area contributed by atoms with Crippen molar-refractivity contribution < 1.29 is 4.79 Å². The van der Waals surface area contributed by atoms with Crippen molar-refractivity contribution in [3.8, 4) is 0 Å². The van der Waals surface area contributed by atoms with E-state index in [9.17, 15) is 4.79 Å². The number of fused-ring (bicyclic) bond motifs is 1. The molecule has 3 heterocycles. The zero-order valence-corrected chi connectivity index (χ0v) is 15.9. The lowest BCUT2D eigenvalue weighted by molar-refractivity contribution is -0.120. The molecule has 25 heavy (non-hydrogen) atoms. The Morgan fingerprint density at radius 1 is 1.24 bits per heavy atom. The number of aryl methyl sites for hydroxylation is 2. The summed E-state index contributed by atoms with van der Waals surface area (Å²) in [6.07, 6.45) is 3.49. The molecule has 4 rings (SSSR count). The first-order valence-electron chi connectivity index (χ1n) is 8.44. The number of amides is 1. The van der Waals surface area contributed by atoms with E-state index in [2.05, 4.69) is 40.3 Å². The first-order valence-corrected chi connectivity index (χ1v) is 10.1. The van der Waals surface area contributed by atoms with Gasteiger partial charge in [0.05, 0.1) is 10.2 Å². The minimum atomic E-state index is 0.0529. The number of carbonyl (C=O) groups is 1. The number of carbonyl (C=O) groups excluding carboxylic acids is 1. The van der Waals surface area contributed by atoms with Gasteiger partial charge in [0.25, 0.3) is 0 Å². The number of aromatic nitrogens is 2. The number of hydrogen-bond acceptors (Lipinski definition) is 6. The van der Waals surface area contributed by atoms with Gasteiger partial charge in [-0.25, -0.2) is 9.97 Å². The maximum Gasteiger partial charge on any atom is 0.229 e. The monoisotopic (exact) mass is 372 g/mol. The highest BCUT2D eigenvalue weighted by Crippen LogP contribution is 2.32. The third-order valence-electron chi connectivity index (χ3n) is 4.52. The molecule has 0 bridgehead atoms. The highest BCUT2D eigenvalue weighted by molar-refractivity contribution is 7.22. The molecule has 0 radical (unpaired) electrons. The van der Waals surface area contributed by atoms with Gasteiger partial charge in [-0.3, -0.25) is 4.79 Å². The quantitative estimate of drug-likeness (QED) is 0.748. The summed E-state index contributed by atoms with van der Waals surface area (Å²) >= 11 is 3.26. The van der Waals surface area contributed by atoms with E-state index in [1.54, 1.807) is 17.5 Å². The summed E-state index contributed by atoms with van der Waals surface area (Å²) in [4.78, 5) is 24.8. The number of benzene rings is 1. The molecule has 1 fully saturated rings. The molecule has 2 aromatic heterocycles. The highest BCUT2D eigenvalue weighted by Gasteiger charge is 2.27. The van der Waals surface area contributed by atoms with E-state index in [-0.39, 0.29) is 11.8 Å². The summed E-state index contributed by atoms with van der Waals surface area (Å²) in [5.74, 6) is 0.144. The van der Waals surface area contributed by atoms with Gasteiger partial charge >= 0.3 is 0 Å². The van der Waals surface area contributed by atoms with Crippen LogP contribution in [0.15, 0.2) is 24.4 Å². The molecule has 1 aliphatic heterocycles. The molecule has 1 N–H and O–H groups in total. The molecule has 130 valence electrons. The lowest BCUT2D eigenvalue weighted by atomic mass is 9.96. The summed E-state index contributed by atoms with van der Waals surface area (Å²) in [5.41, 5.74) is 2.32. The van der Waals surface area contributed by atoms with Gasteiger partial charge in [-0.1, -0.05) is 17.4 Å². The van der Waals surface area contributed by atoms with E-state index in [4.69, 9.17) is 4.98 Å². The van der Waals surface area contributed by atoms with Crippen LogP contribution in [-0.4, -0.2) is 29.0 Å². The van der Waals surface area contributed by atoms with Crippen molar-refractivity contribution in [2.45, 2.75) is 26.7 Å². The van der Waals surface area contributed by atoms with Crippen LogP contribution in [0.1, 0.15) is 23.3 Å². The maximum absolute atomic E-state index is 12.4. The molecule has 0 aliphatic carbocycles. The van der Waals surface area contributed by atoms with Crippen molar-refractivity contribution >= 4 is 49.1 Å². The van der Waals surface area contributed by atoms with E-state index in [0.29, 0.717) is 5.13 Å². The molecule has 0 atom stereocenters. The summed E-state index contributed by atoms with van der Waals surface area (Å²) < 4.78 is 1.23. The Morgan fingerprint density at radius 3 is 2.76 bits per heavy atom. The minimum Gasteiger partial charge on any atom is -0.348 e. The van der Waals surface area contributed by atoms with Gasteiger partial charge in [-0.2, -0.15) is 0 Å². The van der Waals surface area contributed by atoms with Crippen molar-refractivity contribution in [1.82, 2.24) is 9.97 Å². The van der Waals surface area contributed by atoms with Gasteiger partial charge in [0.1, 0.15) is 0 Å². The number of nitrogens with zero attached hydrogens (tertiary/aromatic N) is 3. The standard InChI is InChI=1S/C18H20N4OS2/c1-11-3-4-14-15(9-11)25-18(20-14)22-7-5-13(6-8-22)16(23)21-17-19-10-12(2)24-17/h3-4,9-10,13H,5-8H2,1-2H3,(H,19,21,23). The van der Waals surface area contributed by atoms with Crippen molar-refractivity contribution in [3.63, 3.8) is 0 Å². The molecule has 7 heteroatoms. The van der Waals surface area contributed by atoms with Crippen LogP contribution in [0.25, 0.3) is 10.2 Å². The SMILES string of the molecule is Cc1ccc2nc(N3CCC(C(=O)Nc4ncc(C)s4)CC3)sc2c1. The van der Waals surface area contributed by atoms with Crippen LogP contribution in [0.4, 0.5) is 10.3 Å². The number of anilines is 2.